The zero-order valence-corrected chi connectivity index (χ0v) is 49.0. The molecule has 0 N–H and O–H groups in total. The summed E-state index contributed by atoms with van der Waals surface area (Å²) in [6.07, 6.45) is 33.9. The molecule has 0 amide bonds. The molecule has 75 heavy (non-hydrogen) atoms. The average Bonchev–Trinajstić information content (AvgIpc) is 3.43. The molecule has 0 aliphatic rings. The molecule has 7 aromatic carbocycles. The highest BCUT2D eigenvalue weighted by Crippen LogP contribution is 2.38. The Morgan fingerprint density at radius 1 is 0.307 bits per heavy atom. The van der Waals surface area contributed by atoms with Crippen LogP contribution in [0.1, 0.15) is 172 Å². The van der Waals surface area contributed by atoms with Crippen molar-refractivity contribution in [3.8, 4) is 11.5 Å². The number of hydrogen-bond acceptors (Lipinski definition) is 2. The molecule has 0 fully saturated rings. The van der Waals surface area contributed by atoms with E-state index in [0.717, 1.165) is 107 Å². The zero-order valence-electron chi connectivity index (χ0n) is 44.2. The van der Waals surface area contributed by atoms with E-state index in [0.29, 0.717) is 0 Å². The van der Waals surface area contributed by atoms with E-state index in [2.05, 4.69) is 262 Å². The molecule has 0 aliphatic heterocycles. The number of rotatable bonds is 30. The lowest BCUT2D eigenvalue weighted by Crippen LogP contribution is -1.98. The van der Waals surface area contributed by atoms with Crippen LogP contribution in [0.4, 0.5) is 0 Å². The SMILES string of the molecule is CCCCCCCCCCOc1cccc(/C=C/c2cc(/C=C/c3ccc(C(=C(c4ccc(Br)cc4)c4ccc(Br)cc4)c4ccc(Br)cc4)cc3)cc(/C=C/c3cccc(OCCCCCCCCCC)c3)c2)c1. The Bertz CT molecular complexity index is 2770. The van der Waals surface area contributed by atoms with Crippen molar-refractivity contribution >= 4 is 95.4 Å². The lowest BCUT2D eigenvalue weighted by molar-refractivity contribution is 0.304. The van der Waals surface area contributed by atoms with Crippen molar-refractivity contribution < 1.29 is 9.47 Å². The third-order valence-electron chi connectivity index (χ3n) is 13.5. The van der Waals surface area contributed by atoms with E-state index in [1.54, 1.807) is 0 Å². The van der Waals surface area contributed by atoms with Gasteiger partial charge in [0.05, 0.1) is 13.2 Å². The van der Waals surface area contributed by atoms with Crippen LogP contribution in [0, 0.1) is 0 Å². The molecule has 0 unspecified atom stereocenters. The van der Waals surface area contributed by atoms with E-state index in [1.807, 2.05) is 0 Å². The fraction of sp³-hybridized carbons (Fsp3) is 0.286. The second kappa shape index (κ2) is 32.2. The molecule has 2 nitrogen and oxygen atoms in total. The summed E-state index contributed by atoms with van der Waals surface area (Å²) in [7, 11) is 0. The molecular formula is C70H75Br3O2. The van der Waals surface area contributed by atoms with Gasteiger partial charge in [0.15, 0.2) is 0 Å². The largest absolute Gasteiger partial charge is 0.494 e. The molecule has 0 aromatic heterocycles. The van der Waals surface area contributed by atoms with Gasteiger partial charge in [-0.2, -0.15) is 0 Å². The fourth-order valence-corrected chi connectivity index (χ4v) is 10.2. The Morgan fingerprint density at radius 2 is 0.600 bits per heavy atom. The molecule has 0 bridgehead atoms. The van der Waals surface area contributed by atoms with Crippen LogP contribution in [0.5, 0.6) is 11.5 Å². The van der Waals surface area contributed by atoms with Gasteiger partial charge in [0, 0.05) is 13.4 Å². The second-order valence-electron chi connectivity index (χ2n) is 19.6. The molecular weight excluding hydrogens is 1110 g/mol. The first-order valence-electron chi connectivity index (χ1n) is 27.6. The summed E-state index contributed by atoms with van der Waals surface area (Å²) in [6, 6.07) is 58.5. The van der Waals surface area contributed by atoms with Crippen LogP contribution in [0.25, 0.3) is 47.6 Å². The minimum atomic E-state index is 0.755. The first-order valence-corrected chi connectivity index (χ1v) is 30.0. The molecule has 0 heterocycles. The van der Waals surface area contributed by atoms with E-state index >= 15 is 0 Å². The zero-order chi connectivity index (χ0) is 52.3. The smallest absolute Gasteiger partial charge is 0.119 e. The first-order chi connectivity index (χ1) is 36.8. The van der Waals surface area contributed by atoms with Gasteiger partial charge in [-0.05, 0) is 158 Å². The minimum Gasteiger partial charge on any atom is -0.494 e. The monoisotopic (exact) mass is 1180 g/mol. The number of benzene rings is 7. The predicted molar refractivity (Wildman–Crippen MR) is 336 cm³/mol. The summed E-state index contributed by atoms with van der Waals surface area (Å²) in [4.78, 5) is 0. The van der Waals surface area contributed by atoms with Crippen molar-refractivity contribution in [3.05, 3.63) is 233 Å². The van der Waals surface area contributed by atoms with Crippen LogP contribution in [0.15, 0.2) is 177 Å². The number of hydrogen-bond donors (Lipinski definition) is 0. The molecule has 7 aromatic rings. The Balaban J connectivity index is 1.12. The average molecular weight is 1190 g/mol. The third kappa shape index (κ3) is 19.9. The van der Waals surface area contributed by atoms with E-state index in [-0.39, 0.29) is 0 Å². The van der Waals surface area contributed by atoms with E-state index in [1.165, 1.54) is 101 Å². The van der Waals surface area contributed by atoms with Crippen molar-refractivity contribution in [2.75, 3.05) is 13.2 Å². The summed E-state index contributed by atoms with van der Waals surface area (Å²) in [5.74, 6) is 1.85. The van der Waals surface area contributed by atoms with Crippen molar-refractivity contribution in [3.63, 3.8) is 0 Å². The standard InChI is InChI=1S/C70H75Br3O2/c1-3-5-7-9-11-13-15-17-47-74-67-23-19-21-55(52-67)26-29-58-49-57(50-59(51-58)30-27-56-22-20-24-68(53-56)75-48-18-16-14-12-10-8-6-4-2)28-25-54-31-33-60(34-32-54)69(61-35-41-64(71)42-36-61)70(62-37-43-65(72)44-38-62)63-39-45-66(73)46-40-63/h19-46,49-53H,3-18,47-48H2,1-2H3/b28-25+,29-26+,30-27+. The minimum absolute atomic E-state index is 0.755. The van der Waals surface area contributed by atoms with Crippen molar-refractivity contribution in [2.45, 2.75) is 117 Å². The Hall–Kier alpha value is -5.46. The van der Waals surface area contributed by atoms with Crippen LogP contribution in [-0.4, -0.2) is 13.2 Å². The molecule has 0 saturated heterocycles. The first kappa shape index (κ1) is 57.2. The molecule has 5 heteroatoms. The lowest BCUT2D eigenvalue weighted by atomic mass is 9.85. The molecule has 0 radical (unpaired) electrons. The summed E-state index contributed by atoms with van der Waals surface area (Å²) in [5.41, 5.74) is 13.6. The van der Waals surface area contributed by atoms with Gasteiger partial charge in [-0.1, -0.05) is 273 Å². The maximum atomic E-state index is 6.23. The lowest BCUT2D eigenvalue weighted by Gasteiger charge is -2.18. The van der Waals surface area contributed by atoms with Gasteiger partial charge in [-0.3, -0.25) is 0 Å². The van der Waals surface area contributed by atoms with E-state index in [9.17, 15) is 0 Å². The highest BCUT2D eigenvalue weighted by Gasteiger charge is 2.17. The fourth-order valence-electron chi connectivity index (χ4n) is 9.36. The van der Waals surface area contributed by atoms with E-state index in [4.69, 9.17) is 9.47 Å². The molecule has 7 rings (SSSR count). The van der Waals surface area contributed by atoms with Gasteiger partial charge in [0.2, 0.25) is 0 Å². The normalized spacial score (nSPS) is 11.5. The highest BCUT2D eigenvalue weighted by atomic mass is 79.9. The summed E-state index contributed by atoms with van der Waals surface area (Å²) < 4.78 is 15.6. The summed E-state index contributed by atoms with van der Waals surface area (Å²) in [5, 5.41) is 0. The van der Waals surface area contributed by atoms with Crippen LogP contribution in [0.2, 0.25) is 0 Å². The summed E-state index contributed by atoms with van der Waals surface area (Å²) in [6.45, 7) is 6.06. The van der Waals surface area contributed by atoms with Gasteiger partial charge in [-0.15, -0.1) is 0 Å². The molecule has 0 atom stereocenters. The Morgan fingerprint density at radius 3 is 0.947 bits per heavy atom. The van der Waals surface area contributed by atoms with Gasteiger partial charge in [-0.25, -0.2) is 0 Å². The molecule has 0 aliphatic carbocycles. The maximum absolute atomic E-state index is 6.23. The van der Waals surface area contributed by atoms with Gasteiger partial charge in [0.25, 0.3) is 0 Å². The van der Waals surface area contributed by atoms with Gasteiger partial charge in [0.1, 0.15) is 11.5 Å². The van der Waals surface area contributed by atoms with Crippen molar-refractivity contribution in [1.82, 2.24) is 0 Å². The highest BCUT2D eigenvalue weighted by molar-refractivity contribution is 9.11. The third-order valence-corrected chi connectivity index (χ3v) is 15.1. The predicted octanol–water partition coefficient (Wildman–Crippen LogP) is 22.5. The van der Waals surface area contributed by atoms with Crippen LogP contribution >= 0.6 is 47.8 Å². The maximum Gasteiger partial charge on any atom is 0.119 e. The van der Waals surface area contributed by atoms with Gasteiger partial charge >= 0.3 is 0 Å². The summed E-state index contributed by atoms with van der Waals surface area (Å²) >= 11 is 11.0. The molecule has 0 spiro atoms. The molecule has 388 valence electrons. The molecule has 0 saturated carbocycles. The number of ether oxygens (including phenoxy) is 2. The van der Waals surface area contributed by atoms with E-state index < -0.39 is 0 Å². The topological polar surface area (TPSA) is 18.5 Å². The van der Waals surface area contributed by atoms with Crippen LogP contribution in [0.3, 0.4) is 0 Å². The van der Waals surface area contributed by atoms with Crippen molar-refractivity contribution in [1.29, 1.82) is 0 Å². The van der Waals surface area contributed by atoms with Crippen LogP contribution < -0.4 is 9.47 Å². The Kier molecular flexibility index (Phi) is 24.6. The Labute approximate surface area is 475 Å². The van der Waals surface area contributed by atoms with Gasteiger partial charge < -0.3 is 9.47 Å². The number of halogens is 3. The number of unbranched alkanes of at least 4 members (excludes halogenated alkanes) is 14. The second-order valence-corrected chi connectivity index (χ2v) is 22.4. The quantitative estimate of drug-likeness (QED) is 0.0330. The van der Waals surface area contributed by atoms with Crippen LogP contribution in [-0.2, 0) is 0 Å². The van der Waals surface area contributed by atoms with Crippen molar-refractivity contribution in [2.24, 2.45) is 0 Å².